The van der Waals surface area contributed by atoms with E-state index in [9.17, 15) is 14.0 Å². The van der Waals surface area contributed by atoms with Crippen LogP contribution in [0.25, 0.3) is 0 Å². The molecule has 0 fully saturated rings. The summed E-state index contributed by atoms with van der Waals surface area (Å²) in [5.74, 6) is -2.23. The van der Waals surface area contributed by atoms with E-state index in [2.05, 4.69) is 10.3 Å². The molecular formula is C15H13FN2O3. The molecule has 1 amide bonds. The predicted molar refractivity (Wildman–Crippen MR) is 74.5 cm³/mol. The molecule has 0 spiro atoms. The second-order valence-corrected chi connectivity index (χ2v) is 4.36. The number of benzene rings is 1. The van der Waals surface area contributed by atoms with E-state index in [4.69, 9.17) is 5.11 Å². The van der Waals surface area contributed by atoms with Crippen LogP contribution < -0.4 is 5.32 Å². The SMILES string of the molecule is O=C(CCc1ccccn1)Nc1cc(F)ccc1C(=O)O. The number of pyridine rings is 1. The number of anilines is 1. The number of nitrogens with zero attached hydrogens (tertiary/aromatic N) is 1. The van der Waals surface area contributed by atoms with Gasteiger partial charge in [0.05, 0.1) is 11.3 Å². The number of amides is 1. The molecule has 2 rings (SSSR count). The van der Waals surface area contributed by atoms with Crippen LogP contribution in [0.1, 0.15) is 22.5 Å². The molecule has 6 heteroatoms. The Hall–Kier alpha value is -2.76. The molecule has 0 atom stereocenters. The Kier molecular flexibility index (Phi) is 4.61. The third-order valence-corrected chi connectivity index (χ3v) is 2.82. The van der Waals surface area contributed by atoms with Crippen LogP contribution in [0, 0.1) is 5.82 Å². The third-order valence-electron chi connectivity index (χ3n) is 2.82. The van der Waals surface area contributed by atoms with Crippen molar-refractivity contribution in [2.75, 3.05) is 5.32 Å². The molecule has 2 N–H and O–H groups in total. The van der Waals surface area contributed by atoms with E-state index in [1.54, 1.807) is 18.3 Å². The fraction of sp³-hybridized carbons (Fsp3) is 0.133. The molecule has 2 aromatic rings. The van der Waals surface area contributed by atoms with Gasteiger partial charge in [-0.2, -0.15) is 0 Å². The number of carbonyl (C=O) groups is 2. The number of nitrogens with one attached hydrogen (secondary N) is 1. The first-order valence-electron chi connectivity index (χ1n) is 6.29. The first-order chi connectivity index (χ1) is 10.1. The average Bonchev–Trinajstić information content (AvgIpc) is 2.46. The van der Waals surface area contributed by atoms with E-state index >= 15 is 0 Å². The molecule has 0 radical (unpaired) electrons. The van der Waals surface area contributed by atoms with Crippen molar-refractivity contribution >= 4 is 17.6 Å². The van der Waals surface area contributed by atoms with Gasteiger partial charge < -0.3 is 10.4 Å². The van der Waals surface area contributed by atoms with Gasteiger partial charge in [-0.1, -0.05) is 6.07 Å². The summed E-state index contributed by atoms with van der Waals surface area (Å²) >= 11 is 0. The molecule has 0 aliphatic carbocycles. The highest BCUT2D eigenvalue weighted by Gasteiger charge is 2.13. The molecule has 1 heterocycles. The maximum absolute atomic E-state index is 13.2. The normalized spacial score (nSPS) is 10.1. The van der Waals surface area contributed by atoms with Crippen LogP contribution in [-0.4, -0.2) is 22.0 Å². The maximum Gasteiger partial charge on any atom is 0.337 e. The van der Waals surface area contributed by atoms with Gasteiger partial charge in [0, 0.05) is 18.3 Å². The standard InChI is InChI=1S/C15H13FN2O3/c16-10-4-6-12(15(20)21)13(9-10)18-14(19)7-5-11-3-1-2-8-17-11/h1-4,6,8-9H,5,7H2,(H,18,19)(H,20,21). The first kappa shape index (κ1) is 14.6. The molecule has 0 aliphatic heterocycles. The lowest BCUT2D eigenvalue weighted by Crippen LogP contribution is -2.15. The summed E-state index contributed by atoms with van der Waals surface area (Å²) in [7, 11) is 0. The molecule has 1 aromatic heterocycles. The van der Waals surface area contributed by atoms with Crippen LogP contribution in [0.3, 0.4) is 0 Å². The molecule has 21 heavy (non-hydrogen) atoms. The van der Waals surface area contributed by atoms with E-state index in [1.807, 2.05) is 6.07 Å². The summed E-state index contributed by atoms with van der Waals surface area (Å²) < 4.78 is 13.2. The molecule has 0 aliphatic rings. The van der Waals surface area contributed by atoms with E-state index in [0.717, 1.165) is 23.9 Å². The number of aryl methyl sites for hydroxylation is 1. The fourth-order valence-electron chi connectivity index (χ4n) is 1.81. The van der Waals surface area contributed by atoms with Crippen molar-refractivity contribution in [1.82, 2.24) is 4.98 Å². The minimum absolute atomic E-state index is 0.0477. The second-order valence-electron chi connectivity index (χ2n) is 4.36. The summed E-state index contributed by atoms with van der Waals surface area (Å²) in [5, 5.41) is 11.4. The summed E-state index contributed by atoms with van der Waals surface area (Å²) in [6, 6.07) is 8.52. The van der Waals surface area contributed by atoms with Crippen LogP contribution in [-0.2, 0) is 11.2 Å². The van der Waals surface area contributed by atoms with E-state index in [1.165, 1.54) is 0 Å². The molecule has 1 aromatic carbocycles. The van der Waals surface area contributed by atoms with E-state index < -0.39 is 17.7 Å². The topological polar surface area (TPSA) is 79.3 Å². The lowest BCUT2D eigenvalue weighted by molar-refractivity contribution is -0.116. The Morgan fingerprint density at radius 1 is 1.24 bits per heavy atom. The van der Waals surface area contributed by atoms with Gasteiger partial charge in [0.15, 0.2) is 0 Å². The number of aromatic nitrogens is 1. The second kappa shape index (κ2) is 6.60. The number of hydrogen-bond donors (Lipinski definition) is 2. The molecule has 108 valence electrons. The van der Waals surface area contributed by atoms with E-state index in [-0.39, 0.29) is 17.7 Å². The van der Waals surface area contributed by atoms with Gasteiger partial charge >= 0.3 is 5.97 Å². The van der Waals surface area contributed by atoms with Crippen molar-refractivity contribution in [3.8, 4) is 0 Å². The molecule has 0 unspecified atom stereocenters. The predicted octanol–water partition coefficient (Wildman–Crippen LogP) is 2.49. The number of carbonyl (C=O) groups excluding carboxylic acids is 1. The molecule has 0 saturated carbocycles. The molecular weight excluding hydrogens is 275 g/mol. The van der Waals surface area contributed by atoms with Crippen molar-refractivity contribution in [3.05, 3.63) is 59.7 Å². The maximum atomic E-state index is 13.2. The Bertz CT molecular complexity index is 659. The average molecular weight is 288 g/mol. The smallest absolute Gasteiger partial charge is 0.337 e. The van der Waals surface area contributed by atoms with Gasteiger partial charge in [-0.3, -0.25) is 9.78 Å². The monoisotopic (exact) mass is 288 g/mol. The highest BCUT2D eigenvalue weighted by atomic mass is 19.1. The quantitative estimate of drug-likeness (QED) is 0.886. The van der Waals surface area contributed by atoms with Gasteiger partial charge in [0.2, 0.25) is 5.91 Å². The van der Waals surface area contributed by atoms with Crippen LogP contribution in [0.15, 0.2) is 42.6 Å². The number of rotatable bonds is 5. The zero-order valence-corrected chi connectivity index (χ0v) is 11.0. The Labute approximate surface area is 120 Å². The van der Waals surface area contributed by atoms with Crippen LogP contribution in [0.5, 0.6) is 0 Å². The molecule has 0 bridgehead atoms. The Balaban J connectivity index is 2.02. The number of aromatic carboxylic acids is 1. The summed E-state index contributed by atoms with van der Waals surface area (Å²) in [6.07, 6.45) is 2.18. The highest BCUT2D eigenvalue weighted by molar-refractivity contribution is 6.00. The zero-order valence-electron chi connectivity index (χ0n) is 11.0. The molecule has 0 saturated heterocycles. The van der Waals surface area contributed by atoms with Gasteiger partial charge in [-0.15, -0.1) is 0 Å². The fourth-order valence-corrected chi connectivity index (χ4v) is 1.81. The van der Waals surface area contributed by atoms with Crippen molar-refractivity contribution in [3.63, 3.8) is 0 Å². The minimum atomic E-state index is -1.23. The lowest BCUT2D eigenvalue weighted by Gasteiger charge is -2.08. The van der Waals surface area contributed by atoms with Crippen LogP contribution >= 0.6 is 0 Å². The third kappa shape index (κ3) is 4.10. The number of halogens is 1. The van der Waals surface area contributed by atoms with Gasteiger partial charge in [0.25, 0.3) is 0 Å². The lowest BCUT2D eigenvalue weighted by atomic mass is 10.1. The van der Waals surface area contributed by atoms with Gasteiger partial charge in [-0.25, -0.2) is 9.18 Å². The zero-order chi connectivity index (χ0) is 15.2. The number of carboxylic acids is 1. The van der Waals surface area contributed by atoms with Gasteiger partial charge in [0.1, 0.15) is 5.82 Å². The summed E-state index contributed by atoms with van der Waals surface area (Å²) in [5.41, 5.74) is 0.557. The van der Waals surface area contributed by atoms with Crippen molar-refractivity contribution in [2.45, 2.75) is 12.8 Å². The van der Waals surface area contributed by atoms with Gasteiger partial charge in [-0.05, 0) is 36.8 Å². The van der Waals surface area contributed by atoms with Crippen LogP contribution in [0.4, 0.5) is 10.1 Å². The van der Waals surface area contributed by atoms with Crippen molar-refractivity contribution in [2.24, 2.45) is 0 Å². The minimum Gasteiger partial charge on any atom is -0.478 e. The Morgan fingerprint density at radius 3 is 2.71 bits per heavy atom. The Morgan fingerprint density at radius 2 is 2.05 bits per heavy atom. The summed E-state index contributed by atoms with van der Waals surface area (Å²) in [4.78, 5) is 26.9. The van der Waals surface area contributed by atoms with E-state index in [0.29, 0.717) is 6.42 Å². The van der Waals surface area contributed by atoms with Crippen molar-refractivity contribution < 1.29 is 19.1 Å². The largest absolute Gasteiger partial charge is 0.478 e. The number of hydrogen-bond acceptors (Lipinski definition) is 3. The molecule has 5 nitrogen and oxygen atoms in total. The highest BCUT2D eigenvalue weighted by Crippen LogP contribution is 2.17. The summed E-state index contributed by atoms with van der Waals surface area (Å²) in [6.45, 7) is 0. The first-order valence-corrected chi connectivity index (χ1v) is 6.29. The van der Waals surface area contributed by atoms with Crippen LogP contribution in [0.2, 0.25) is 0 Å². The van der Waals surface area contributed by atoms with Crippen molar-refractivity contribution in [1.29, 1.82) is 0 Å². The number of carboxylic acid groups (broad SMARTS) is 1.